The van der Waals surface area contributed by atoms with Crippen LogP contribution in [0.1, 0.15) is 44.9 Å². The largest absolute Gasteiger partial charge is 0.407 e. The van der Waals surface area contributed by atoms with E-state index >= 15 is 0 Å². The van der Waals surface area contributed by atoms with Gasteiger partial charge in [0.1, 0.15) is 0 Å². The van der Waals surface area contributed by atoms with Gasteiger partial charge in [-0.3, -0.25) is 4.90 Å². The van der Waals surface area contributed by atoms with Gasteiger partial charge < -0.3 is 14.6 Å². The first-order valence-electron chi connectivity index (χ1n) is 7.98. The molecular weight excluding hydrogens is 266 g/mol. The van der Waals surface area contributed by atoms with Crippen LogP contribution in [0.5, 0.6) is 0 Å². The molecule has 1 aliphatic rings. The molecule has 0 spiro atoms. The van der Waals surface area contributed by atoms with Crippen molar-refractivity contribution in [1.29, 1.82) is 0 Å². The molecule has 0 aliphatic heterocycles. The van der Waals surface area contributed by atoms with Crippen LogP contribution in [-0.2, 0) is 6.54 Å². The van der Waals surface area contributed by atoms with Crippen LogP contribution in [0, 0.1) is 0 Å². The zero-order chi connectivity index (χ0) is 15.3. The van der Waals surface area contributed by atoms with E-state index in [1.54, 1.807) is 0 Å². The quantitative estimate of drug-likeness (QED) is 0.832. The van der Waals surface area contributed by atoms with Gasteiger partial charge >= 0.3 is 6.01 Å². The standard InChI is InChI=1S/C15H29N5O/c1-5-20(4)15(9-7-6-8-10-15)12-16-14-18-17-13(21-14)11-19(2)3/h5-12H2,1-4H3,(H,16,18). The summed E-state index contributed by atoms with van der Waals surface area (Å²) in [6.07, 6.45) is 6.45. The zero-order valence-electron chi connectivity index (χ0n) is 13.9. The average Bonchev–Trinajstić information content (AvgIpc) is 2.92. The fraction of sp³-hybridized carbons (Fsp3) is 0.867. The van der Waals surface area contributed by atoms with E-state index in [-0.39, 0.29) is 5.54 Å². The Morgan fingerprint density at radius 2 is 1.86 bits per heavy atom. The number of anilines is 1. The van der Waals surface area contributed by atoms with E-state index in [2.05, 4.69) is 34.4 Å². The fourth-order valence-corrected chi connectivity index (χ4v) is 3.14. The third-order valence-corrected chi connectivity index (χ3v) is 4.56. The molecule has 1 aromatic heterocycles. The number of likely N-dealkylation sites (N-methyl/N-ethyl adjacent to an activating group) is 1. The second-order valence-corrected chi connectivity index (χ2v) is 6.39. The Labute approximate surface area is 127 Å². The Hall–Kier alpha value is -1.14. The van der Waals surface area contributed by atoms with Gasteiger partial charge in [0, 0.05) is 12.1 Å². The summed E-state index contributed by atoms with van der Waals surface area (Å²) in [6, 6.07) is 0.543. The van der Waals surface area contributed by atoms with Crippen LogP contribution in [0.25, 0.3) is 0 Å². The molecule has 0 aromatic carbocycles. The molecule has 0 saturated heterocycles. The second-order valence-electron chi connectivity index (χ2n) is 6.39. The zero-order valence-corrected chi connectivity index (χ0v) is 13.9. The smallest absolute Gasteiger partial charge is 0.315 e. The van der Waals surface area contributed by atoms with Crippen molar-refractivity contribution in [1.82, 2.24) is 20.0 Å². The Kier molecular flexibility index (Phi) is 5.58. The molecule has 1 N–H and O–H groups in total. The maximum Gasteiger partial charge on any atom is 0.315 e. The number of hydrogen-bond acceptors (Lipinski definition) is 6. The first kappa shape index (κ1) is 16.2. The number of rotatable bonds is 7. The monoisotopic (exact) mass is 295 g/mol. The molecule has 6 nitrogen and oxygen atoms in total. The van der Waals surface area contributed by atoms with E-state index in [0.29, 0.717) is 18.5 Å². The summed E-state index contributed by atoms with van der Waals surface area (Å²) in [5, 5.41) is 11.5. The molecule has 6 heteroatoms. The van der Waals surface area contributed by atoms with Gasteiger partial charge in [-0.2, -0.15) is 0 Å². The fourth-order valence-electron chi connectivity index (χ4n) is 3.14. The highest BCUT2D eigenvalue weighted by molar-refractivity contribution is 5.19. The molecule has 0 radical (unpaired) electrons. The van der Waals surface area contributed by atoms with Crippen LogP contribution in [0.2, 0.25) is 0 Å². The summed E-state index contributed by atoms with van der Waals surface area (Å²) in [6.45, 7) is 4.84. The lowest BCUT2D eigenvalue weighted by Crippen LogP contribution is -2.52. The van der Waals surface area contributed by atoms with E-state index < -0.39 is 0 Å². The average molecular weight is 295 g/mol. The topological polar surface area (TPSA) is 57.4 Å². The van der Waals surface area contributed by atoms with Gasteiger partial charge in [0.05, 0.1) is 6.54 Å². The molecule has 1 heterocycles. The Morgan fingerprint density at radius 1 is 1.14 bits per heavy atom. The van der Waals surface area contributed by atoms with Gasteiger partial charge in [-0.1, -0.05) is 31.3 Å². The lowest BCUT2D eigenvalue weighted by molar-refractivity contribution is 0.0917. The first-order chi connectivity index (χ1) is 10.1. The maximum absolute atomic E-state index is 5.65. The molecule has 0 amide bonds. The number of nitrogens with one attached hydrogen (secondary N) is 1. The third kappa shape index (κ3) is 4.17. The van der Waals surface area contributed by atoms with E-state index in [1.165, 1.54) is 32.1 Å². The minimum Gasteiger partial charge on any atom is -0.407 e. The molecule has 120 valence electrons. The molecule has 0 unspecified atom stereocenters. The van der Waals surface area contributed by atoms with Crippen molar-refractivity contribution in [3.63, 3.8) is 0 Å². The van der Waals surface area contributed by atoms with Gasteiger partial charge in [0.25, 0.3) is 0 Å². The third-order valence-electron chi connectivity index (χ3n) is 4.56. The number of aromatic nitrogens is 2. The van der Waals surface area contributed by atoms with E-state index in [1.807, 2.05) is 19.0 Å². The molecule has 0 atom stereocenters. The van der Waals surface area contributed by atoms with E-state index in [9.17, 15) is 0 Å². The maximum atomic E-state index is 5.65. The Balaban J connectivity index is 1.96. The number of nitrogens with zero attached hydrogens (tertiary/aromatic N) is 4. The number of hydrogen-bond donors (Lipinski definition) is 1. The van der Waals surface area contributed by atoms with Gasteiger partial charge in [-0.05, 0) is 40.5 Å². The molecule has 1 saturated carbocycles. The highest BCUT2D eigenvalue weighted by atomic mass is 16.4. The predicted octanol–water partition coefficient (Wildman–Crippen LogP) is 2.20. The van der Waals surface area contributed by atoms with Gasteiger partial charge in [-0.25, -0.2) is 0 Å². The summed E-state index contributed by atoms with van der Waals surface area (Å²) in [5.74, 6) is 0.657. The van der Waals surface area contributed by atoms with Crippen LogP contribution in [0.15, 0.2) is 4.42 Å². The minimum atomic E-state index is 0.225. The Bertz CT molecular complexity index is 425. The second kappa shape index (κ2) is 7.22. The SMILES string of the molecule is CCN(C)C1(CNc2nnc(CN(C)C)o2)CCCCC1. The predicted molar refractivity (Wildman–Crippen MR) is 84.3 cm³/mol. The highest BCUT2D eigenvalue weighted by Gasteiger charge is 2.35. The highest BCUT2D eigenvalue weighted by Crippen LogP contribution is 2.33. The molecular formula is C15H29N5O. The van der Waals surface area contributed by atoms with Crippen LogP contribution in [-0.4, -0.2) is 59.8 Å². The first-order valence-corrected chi connectivity index (χ1v) is 7.98. The van der Waals surface area contributed by atoms with E-state index in [4.69, 9.17) is 4.42 Å². The van der Waals surface area contributed by atoms with Crippen molar-refractivity contribution in [2.24, 2.45) is 0 Å². The van der Waals surface area contributed by atoms with Crippen LogP contribution in [0.4, 0.5) is 6.01 Å². The van der Waals surface area contributed by atoms with Gasteiger partial charge in [0.15, 0.2) is 0 Å². The van der Waals surface area contributed by atoms with Crippen molar-refractivity contribution in [3.05, 3.63) is 5.89 Å². The van der Waals surface area contributed by atoms with Crippen molar-refractivity contribution >= 4 is 6.01 Å². The molecule has 1 fully saturated rings. The van der Waals surface area contributed by atoms with Gasteiger partial charge in [-0.15, -0.1) is 5.10 Å². The lowest BCUT2D eigenvalue weighted by Gasteiger charge is -2.44. The van der Waals surface area contributed by atoms with Crippen molar-refractivity contribution in [2.75, 3.05) is 39.5 Å². The summed E-state index contributed by atoms with van der Waals surface area (Å²) < 4.78 is 5.65. The van der Waals surface area contributed by atoms with Gasteiger partial charge in [0.2, 0.25) is 5.89 Å². The minimum absolute atomic E-state index is 0.225. The molecule has 0 bridgehead atoms. The van der Waals surface area contributed by atoms with Crippen molar-refractivity contribution in [2.45, 2.75) is 51.1 Å². The van der Waals surface area contributed by atoms with Crippen LogP contribution < -0.4 is 5.32 Å². The normalized spacial score (nSPS) is 18.4. The molecule has 2 rings (SSSR count). The molecule has 21 heavy (non-hydrogen) atoms. The molecule has 1 aliphatic carbocycles. The summed E-state index contributed by atoms with van der Waals surface area (Å²) in [4.78, 5) is 4.49. The Morgan fingerprint density at radius 3 is 2.48 bits per heavy atom. The van der Waals surface area contributed by atoms with Crippen LogP contribution >= 0.6 is 0 Å². The molecule has 1 aromatic rings. The van der Waals surface area contributed by atoms with Crippen molar-refractivity contribution in [3.8, 4) is 0 Å². The summed E-state index contributed by atoms with van der Waals surface area (Å²) in [5.41, 5.74) is 0.225. The summed E-state index contributed by atoms with van der Waals surface area (Å²) in [7, 11) is 6.20. The lowest BCUT2D eigenvalue weighted by atomic mass is 9.80. The van der Waals surface area contributed by atoms with Crippen LogP contribution in [0.3, 0.4) is 0 Å². The van der Waals surface area contributed by atoms with Crippen molar-refractivity contribution < 1.29 is 4.42 Å². The summed E-state index contributed by atoms with van der Waals surface area (Å²) >= 11 is 0. The van der Waals surface area contributed by atoms with E-state index in [0.717, 1.165) is 13.1 Å².